The molecule has 0 saturated heterocycles. The molecule has 1 aliphatic carbocycles. The van der Waals surface area contributed by atoms with Crippen LogP contribution < -0.4 is 10.0 Å². The summed E-state index contributed by atoms with van der Waals surface area (Å²) in [4.78, 5) is 0. The van der Waals surface area contributed by atoms with Gasteiger partial charge in [-0.2, -0.15) is 0 Å². The molecule has 0 amide bonds. The molecule has 1 fully saturated rings. The molecule has 1 aromatic rings. The SMILES string of the molecule is C/C=C/CCNS(=O)(=O)c1ccc(CNC2CC2)o1. The molecular formula is C13H20N2O3S. The molecule has 0 atom stereocenters. The molecule has 19 heavy (non-hydrogen) atoms. The van der Waals surface area contributed by atoms with Gasteiger partial charge in [0.05, 0.1) is 6.54 Å². The van der Waals surface area contributed by atoms with Crippen LogP contribution in [0.2, 0.25) is 0 Å². The number of hydrogen-bond acceptors (Lipinski definition) is 4. The van der Waals surface area contributed by atoms with Crippen molar-refractivity contribution < 1.29 is 12.8 Å². The average molecular weight is 284 g/mol. The van der Waals surface area contributed by atoms with Gasteiger partial charge in [0.25, 0.3) is 10.0 Å². The summed E-state index contributed by atoms with van der Waals surface area (Å²) in [6, 6.07) is 3.78. The highest BCUT2D eigenvalue weighted by Crippen LogP contribution is 2.20. The van der Waals surface area contributed by atoms with E-state index >= 15 is 0 Å². The smallest absolute Gasteiger partial charge is 0.273 e. The molecule has 0 bridgehead atoms. The van der Waals surface area contributed by atoms with Gasteiger partial charge in [0.15, 0.2) is 0 Å². The number of sulfonamides is 1. The molecule has 2 rings (SSSR count). The summed E-state index contributed by atoms with van der Waals surface area (Å²) in [5, 5.41) is 3.27. The maximum atomic E-state index is 11.9. The molecular weight excluding hydrogens is 264 g/mol. The Balaban J connectivity index is 1.87. The van der Waals surface area contributed by atoms with E-state index in [1.807, 2.05) is 19.1 Å². The second-order valence-corrected chi connectivity index (χ2v) is 6.33. The maximum Gasteiger partial charge on any atom is 0.273 e. The van der Waals surface area contributed by atoms with E-state index in [-0.39, 0.29) is 5.09 Å². The lowest BCUT2D eigenvalue weighted by Crippen LogP contribution is -2.24. The van der Waals surface area contributed by atoms with E-state index in [4.69, 9.17) is 4.42 Å². The van der Waals surface area contributed by atoms with Crippen LogP contribution in [0.15, 0.2) is 33.8 Å². The van der Waals surface area contributed by atoms with Crippen LogP contribution >= 0.6 is 0 Å². The Hall–Kier alpha value is -1.11. The quantitative estimate of drug-likeness (QED) is 0.564. The fraction of sp³-hybridized carbons (Fsp3) is 0.538. The number of hydrogen-bond donors (Lipinski definition) is 2. The van der Waals surface area contributed by atoms with Crippen molar-refractivity contribution in [2.75, 3.05) is 6.54 Å². The first-order valence-electron chi connectivity index (χ1n) is 6.55. The summed E-state index contributed by atoms with van der Waals surface area (Å²) in [5.74, 6) is 0.653. The number of allylic oxidation sites excluding steroid dienone is 1. The molecule has 0 aromatic carbocycles. The third-order valence-corrected chi connectivity index (χ3v) is 4.22. The lowest BCUT2D eigenvalue weighted by molar-refractivity contribution is 0.399. The van der Waals surface area contributed by atoms with Crippen LogP contribution in [0.3, 0.4) is 0 Å². The normalized spacial score (nSPS) is 16.3. The molecule has 1 saturated carbocycles. The minimum atomic E-state index is -3.52. The van der Waals surface area contributed by atoms with E-state index < -0.39 is 10.0 Å². The van der Waals surface area contributed by atoms with E-state index in [0.29, 0.717) is 31.3 Å². The third kappa shape index (κ3) is 4.49. The van der Waals surface area contributed by atoms with E-state index in [9.17, 15) is 8.42 Å². The van der Waals surface area contributed by atoms with Gasteiger partial charge < -0.3 is 9.73 Å². The molecule has 0 radical (unpaired) electrons. The average Bonchev–Trinajstić information content (AvgIpc) is 3.08. The standard InChI is InChI=1S/C13H20N2O3S/c1-2-3-4-9-15-19(16,17)13-8-7-12(18-13)10-14-11-5-6-11/h2-3,7-8,11,14-15H,4-6,9-10H2,1H3/b3-2+. The monoisotopic (exact) mass is 284 g/mol. The Morgan fingerprint density at radius 3 is 2.89 bits per heavy atom. The van der Waals surface area contributed by atoms with E-state index in [1.54, 1.807) is 6.07 Å². The van der Waals surface area contributed by atoms with Gasteiger partial charge in [-0.3, -0.25) is 0 Å². The van der Waals surface area contributed by atoms with Gasteiger partial charge in [-0.25, -0.2) is 13.1 Å². The van der Waals surface area contributed by atoms with Crippen LogP contribution in [0.1, 0.15) is 31.9 Å². The molecule has 0 spiro atoms. The van der Waals surface area contributed by atoms with Crippen LogP contribution in [-0.4, -0.2) is 21.0 Å². The maximum absolute atomic E-state index is 11.9. The largest absolute Gasteiger partial charge is 0.447 e. The van der Waals surface area contributed by atoms with Gasteiger partial charge in [-0.15, -0.1) is 0 Å². The summed E-state index contributed by atoms with van der Waals surface area (Å²) in [7, 11) is -3.52. The first kappa shape index (κ1) is 14.3. The van der Waals surface area contributed by atoms with Crippen LogP contribution in [0.4, 0.5) is 0 Å². The third-order valence-electron chi connectivity index (χ3n) is 2.88. The highest BCUT2D eigenvalue weighted by Gasteiger charge is 2.22. The zero-order valence-corrected chi connectivity index (χ0v) is 11.9. The van der Waals surface area contributed by atoms with Crippen molar-refractivity contribution in [1.82, 2.24) is 10.0 Å². The van der Waals surface area contributed by atoms with Crippen molar-refractivity contribution in [3.8, 4) is 0 Å². The van der Waals surface area contributed by atoms with Gasteiger partial charge in [-0.1, -0.05) is 12.2 Å². The van der Waals surface area contributed by atoms with Crippen molar-refractivity contribution in [1.29, 1.82) is 0 Å². The van der Waals surface area contributed by atoms with Crippen molar-refractivity contribution >= 4 is 10.0 Å². The number of rotatable bonds is 8. The van der Waals surface area contributed by atoms with Crippen molar-refractivity contribution in [2.24, 2.45) is 0 Å². The Kier molecular flexibility index (Phi) is 4.79. The second kappa shape index (κ2) is 6.36. The zero-order chi connectivity index (χ0) is 13.7. The van der Waals surface area contributed by atoms with Crippen LogP contribution in [0.25, 0.3) is 0 Å². The molecule has 0 aliphatic heterocycles. The van der Waals surface area contributed by atoms with E-state index in [2.05, 4.69) is 10.0 Å². The van der Waals surface area contributed by atoms with Crippen molar-refractivity contribution in [3.05, 3.63) is 30.0 Å². The van der Waals surface area contributed by atoms with Crippen molar-refractivity contribution in [3.63, 3.8) is 0 Å². The number of nitrogens with one attached hydrogen (secondary N) is 2. The predicted octanol–water partition coefficient (Wildman–Crippen LogP) is 1.78. The molecule has 1 aromatic heterocycles. The second-order valence-electron chi connectivity index (χ2n) is 4.63. The molecule has 106 valence electrons. The fourth-order valence-electron chi connectivity index (χ4n) is 1.64. The first-order valence-corrected chi connectivity index (χ1v) is 8.03. The minimum absolute atomic E-state index is 0.0134. The highest BCUT2D eigenvalue weighted by atomic mass is 32.2. The first-order chi connectivity index (χ1) is 9.12. The van der Waals surface area contributed by atoms with E-state index in [1.165, 1.54) is 18.9 Å². The molecule has 1 aliphatic rings. The lowest BCUT2D eigenvalue weighted by Gasteiger charge is -2.02. The molecule has 5 nitrogen and oxygen atoms in total. The van der Waals surface area contributed by atoms with Gasteiger partial charge in [0.1, 0.15) is 5.76 Å². The molecule has 0 unspecified atom stereocenters. The Bertz CT molecular complexity index is 530. The molecule has 2 N–H and O–H groups in total. The Morgan fingerprint density at radius 1 is 1.42 bits per heavy atom. The van der Waals surface area contributed by atoms with Gasteiger partial charge in [0.2, 0.25) is 5.09 Å². The fourth-order valence-corrected chi connectivity index (χ4v) is 2.64. The van der Waals surface area contributed by atoms with Crippen molar-refractivity contribution in [2.45, 2.75) is 43.9 Å². The van der Waals surface area contributed by atoms with E-state index in [0.717, 1.165) is 0 Å². The van der Waals surface area contributed by atoms with Gasteiger partial charge >= 0.3 is 0 Å². The lowest BCUT2D eigenvalue weighted by atomic mass is 10.4. The number of furan rings is 1. The zero-order valence-electron chi connectivity index (χ0n) is 11.1. The molecule has 1 heterocycles. The van der Waals surface area contributed by atoms with Gasteiger partial charge in [0, 0.05) is 12.6 Å². The minimum Gasteiger partial charge on any atom is -0.447 e. The Morgan fingerprint density at radius 2 is 2.21 bits per heavy atom. The topological polar surface area (TPSA) is 71.3 Å². The molecule has 6 heteroatoms. The summed E-state index contributed by atoms with van der Waals surface area (Å²) < 4.78 is 31.7. The highest BCUT2D eigenvalue weighted by molar-refractivity contribution is 7.89. The van der Waals surface area contributed by atoms with Crippen LogP contribution in [0, 0.1) is 0 Å². The summed E-state index contributed by atoms with van der Waals surface area (Å²) >= 11 is 0. The summed E-state index contributed by atoms with van der Waals surface area (Å²) in [6.07, 6.45) is 6.86. The van der Waals surface area contributed by atoms with Gasteiger partial charge in [-0.05, 0) is 38.3 Å². The van der Waals surface area contributed by atoms with Crippen LogP contribution in [-0.2, 0) is 16.6 Å². The van der Waals surface area contributed by atoms with Crippen LogP contribution in [0.5, 0.6) is 0 Å². The summed E-state index contributed by atoms with van der Waals surface area (Å²) in [6.45, 7) is 2.86. The predicted molar refractivity (Wildman–Crippen MR) is 73.2 cm³/mol. The Labute approximate surface area is 114 Å². The summed E-state index contributed by atoms with van der Waals surface area (Å²) in [5.41, 5.74) is 0.